The molecule has 0 bridgehead atoms. The molecular weight excluding hydrogens is 604 g/mol. The summed E-state index contributed by atoms with van der Waals surface area (Å²) < 4.78 is 1.72. The van der Waals surface area contributed by atoms with Crippen molar-refractivity contribution in [2.75, 3.05) is 5.32 Å². The van der Waals surface area contributed by atoms with Gasteiger partial charge < -0.3 is 0 Å². The van der Waals surface area contributed by atoms with Crippen LogP contribution in [-0.4, -0.2) is 48.2 Å². The number of rotatable bonds is 10. The van der Waals surface area contributed by atoms with Gasteiger partial charge in [-0.05, 0) is 0 Å². The van der Waals surface area contributed by atoms with E-state index >= 15 is 0 Å². The van der Waals surface area contributed by atoms with Gasteiger partial charge in [-0.15, -0.1) is 0 Å². The van der Waals surface area contributed by atoms with E-state index in [-0.39, 0.29) is 42.8 Å². The molecular formula is C29H27Cl2N3O4Se. The molecule has 0 spiro atoms. The second-order valence-corrected chi connectivity index (χ2v) is 12.8. The van der Waals surface area contributed by atoms with Crippen LogP contribution in [0, 0.1) is 5.41 Å². The number of nitrogens with one attached hydrogen (secondary N) is 2. The number of nitrogens with zero attached hydrogens (tertiary/aromatic N) is 1. The minimum atomic E-state index is -1.33. The third-order valence-corrected chi connectivity index (χ3v) is 9.65. The number of carbonyl (C=O) groups excluding carboxylic acids is 2. The fourth-order valence-corrected chi connectivity index (χ4v) is 7.53. The molecule has 4 rings (SSSR count). The van der Waals surface area contributed by atoms with E-state index < -0.39 is 22.8 Å². The van der Waals surface area contributed by atoms with Crippen LogP contribution in [0.2, 0.25) is 10.0 Å². The van der Waals surface area contributed by atoms with Gasteiger partial charge in [0.05, 0.1) is 10.0 Å². The Morgan fingerprint density at radius 3 is 2.21 bits per heavy atom. The van der Waals surface area contributed by atoms with E-state index in [9.17, 15) is 19.5 Å². The van der Waals surface area contributed by atoms with Crippen molar-refractivity contribution in [3.63, 3.8) is 0 Å². The molecule has 0 fully saturated rings. The van der Waals surface area contributed by atoms with Crippen LogP contribution in [0.25, 0.3) is 0 Å². The van der Waals surface area contributed by atoms with E-state index in [1.807, 2.05) is 51.1 Å². The number of benzene rings is 2. The van der Waals surface area contributed by atoms with Crippen LogP contribution in [0.3, 0.4) is 0 Å². The van der Waals surface area contributed by atoms with Crippen LogP contribution in [-0.2, 0) is 16.0 Å². The summed E-state index contributed by atoms with van der Waals surface area (Å²) in [6.45, 7) is 5.46. The van der Waals surface area contributed by atoms with Gasteiger partial charge in [-0.25, -0.2) is 0 Å². The topological polar surface area (TPSA) is 108 Å². The number of hydrogen-bond donors (Lipinski definition) is 3. The number of Topliss-reactive ketones (excluding diaryl/α,β-unsaturated/α-hetero) is 1. The Morgan fingerprint density at radius 2 is 1.64 bits per heavy atom. The molecule has 0 saturated carbocycles. The quantitative estimate of drug-likeness (QED) is 0.276. The molecule has 0 aliphatic heterocycles. The molecule has 3 aromatic rings. The number of aliphatic carboxylic acids is 1. The minimum absolute atomic E-state index is 0.0405. The standard InChI is InChI=1S/C29H27Cl2N3O4Se/c1-4-29(27(37)38,34-24-23(25(35)28(24,2)3)39-19-8-6-5-7-9-19)14-17-10-12-18(13-11-17)33-26(36)22-20(30)15-32-16-21(22)31/h5-13,15-16,34H,4,14H2,1-3H3,(H,33,36)(H,37,38)/t29-/m0/s1. The predicted octanol–water partition coefficient (Wildman–Crippen LogP) is 4.86. The number of hydrogen-bond acceptors (Lipinski definition) is 5. The maximum atomic E-state index is 13.0. The Labute approximate surface area is 243 Å². The first-order valence-electron chi connectivity index (χ1n) is 12.2. The zero-order chi connectivity index (χ0) is 28.4. The Kier molecular flexibility index (Phi) is 8.52. The normalized spacial score (nSPS) is 15.8. The first-order chi connectivity index (χ1) is 18.5. The summed E-state index contributed by atoms with van der Waals surface area (Å²) in [5.41, 5.74) is -0.0466. The Morgan fingerprint density at radius 1 is 1.03 bits per heavy atom. The van der Waals surface area contributed by atoms with Crippen molar-refractivity contribution >= 4 is 66.0 Å². The van der Waals surface area contributed by atoms with Crippen LogP contribution in [0.15, 0.2) is 77.2 Å². The van der Waals surface area contributed by atoms with Crippen LogP contribution in [0.5, 0.6) is 0 Å². The van der Waals surface area contributed by atoms with Gasteiger partial charge in [-0.3, -0.25) is 4.98 Å². The number of carbonyl (C=O) groups is 3. The number of carboxylic acid groups (broad SMARTS) is 1. The summed E-state index contributed by atoms with van der Waals surface area (Å²) in [4.78, 5) is 42.2. The van der Waals surface area contributed by atoms with Gasteiger partial charge in [0.15, 0.2) is 0 Å². The fourth-order valence-electron chi connectivity index (χ4n) is 4.30. The second kappa shape index (κ2) is 11.5. The molecule has 0 saturated heterocycles. The molecule has 1 amide bonds. The predicted molar refractivity (Wildman–Crippen MR) is 154 cm³/mol. The van der Waals surface area contributed by atoms with E-state index in [2.05, 4.69) is 15.6 Å². The molecule has 0 unspecified atom stereocenters. The molecule has 7 nitrogen and oxygen atoms in total. The van der Waals surface area contributed by atoms with Crippen molar-refractivity contribution in [2.45, 2.75) is 39.2 Å². The molecule has 202 valence electrons. The van der Waals surface area contributed by atoms with Gasteiger partial charge in [-0.2, -0.15) is 0 Å². The Bertz CT molecular complexity index is 1440. The summed E-state index contributed by atoms with van der Waals surface area (Å²) in [6, 6.07) is 16.7. The van der Waals surface area contributed by atoms with Crippen LogP contribution >= 0.6 is 23.2 Å². The van der Waals surface area contributed by atoms with Crippen molar-refractivity contribution < 1.29 is 19.5 Å². The van der Waals surface area contributed by atoms with Crippen molar-refractivity contribution in [1.82, 2.24) is 10.3 Å². The Hall–Kier alpha value is -3.16. The summed E-state index contributed by atoms with van der Waals surface area (Å²) in [5.74, 6) is -1.44. The molecule has 1 aliphatic rings. The molecule has 10 heteroatoms. The van der Waals surface area contributed by atoms with Crippen molar-refractivity contribution in [3.05, 3.63) is 98.3 Å². The first kappa shape index (κ1) is 28.8. The average Bonchev–Trinajstić information content (AvgIpc) is 2.91. The number of allylic oxidation sites excluding steroid dienone is 2. The van der Waals surface area contributed by atoms with E-state index in [0.717, 1.165) is 10.0 Å². The SMILES string of the molecule is CC[C@@](Cc1ccc(NC(=O)c2c(Cl)cncc2Cl)cc1)(NC1=C([Se]c2ccccc2)C(=O)C1(C)C)C(=O)O. The Balaban J connectivity index is 1.56. The monoisotopic (exact) mass is 631 g/mol. The van der Waals surface area contributed by atoms with Gasteiger partial charge in [0, 0.05) is 12.4 Å². The molecule has 1 aromatic heterocycles. The van der Waals surface area contributed by atoms with Gasteiger partial charge in [-0.1, -0.05) is 23.2 Å². The van der Waals surface area contributed by atoms with Crippen molar-refractivity contribution in [1.29, 1.82) is 0 Å². The van der Waals surface area contributed by atoms with Crippen molar-refractivity contribution in [2.24, 2.45) is 5.41 Å². The third kappa shape index (κ3) is 5.89. The summed E-state index contributed by atoms with van der Waals surface area (Å²) in [5, 5.41) is 16.7. The summed E-state index contributed by atoms with van der Waals surface area (Å²) >= 11 is 11.9. The number of anilines is 1. The molecule has 1 atom stereocenters. The summed E-state index contributed by atoms with van der Waals surface area (Å²) in [7, 11) is 0. The number of amides is 1. The number of pyridine rings is 1. The zero-order valence-electron chi connectivity index (χ0n) is 21.5. The van der Waals surface area contributed by atoms with Crippen LogP contribution in [0.1, 0.15) is 43.1 Å². The van der Waals surface area contributed by atoms with Gasteiger partial charge in [0.1, 0.15) is 0 Å². The molecule has 2 aromatic carbocycles. The van der Waals surface area contributed by atoms with Crippen LogP contribution in [0.4, 0.5) is 5.69 Å². The van der Waals surface area contributed by atoms with E-state index in [1.54, 1.807) is 24.3 Å². The number of aromatic nitrogens is 1. The zero-order valence-corrected chi connectivity index (χ0v) is 24.8. The number of ketones is 1. The van der Waals surface area contributed by atoms with Gasteiger partial charge in [0.2, 0.25) is 0 Å². The molecule has 1 heterocycles. The van der Waals surface area contributed by atoms with Gasteiger partial charge >= 0.3 is 193 Å². The molecule has 0 radical (unpaired) electrons. The van der Waals surface area contributed by atoms with Crippen molar-refractivity contribution in [3.8, 4) is 0 Å². The molecule has 39 heavy (non-hydrogen) atoms. The molecule has 1 aliphatic carbocycles. The number of carboxylic acids is 1. The maximum absolute atomic E-state index is 13.0. The second-order valence-electron chi connectivity index (χ2n) is 9.75. The molecule has 3 N–H and O–H groups in total. The van der Waals surface area contributed by atoms with E-state index in [4.69, 9.17) is 23.2 Å². The summed E-state index contributed by atoms with van der Waals surface area (Å²) in [6.07, 6.45) is 3.15. The van der Waals surface area contributed by atoms with E-state index in [1.165, 1.54) is 12.4 Å². The van der Waals surface area contributed by atoms with Crippen LogP contribution < -0.4 is 15.1 Å². The van der Waals surface area contributed by atoms with Gasteiger partial charge in [0.25, 0.3) is 0 Å². The van der Waals surface area contributed by atoms with E-state index in [0.29, 0.717) is 22.3 Å². The fraction of sp³-hybridized carbons (Fsp3) is 0.241. The first-order valence-corrected chi connectivity index (χ1v) is 14.7. The number of halogens is 2. The average molecular weight is 631 g/mol. The third-order valence-electron chi connectivity index (χ3n) is 6.76.